The van der Waals surface area contributed by atoms with Crippen molar-refractivity contribution >= 4 is 23.2 Å². The first-order valence-electron chi connectivity index (χ1n) is 8.52. The van der Waals surface area contributed by atoms with E-state index in [0.717, 1.165) is 18.9 Å². The highest BCUT2D eigenvalue weighted by Crippen LogP contribution is 2.40. The maximum Gasteiger partial charge on any atom is 0.425 e. The van der Waals surface area contributed by atoms with Crippen molar-refractivity contribution in [1.82, 2.24) is 15.2 Å². The molecule has 0 radical (unpaired) electrons. The van der Waals surface area contributed by atoms with Gasteiger partial charge in [0.05, 0.1) is 16.5 Å². The number of pyridine rings is 1. The summed E-state index contributed by atoms with van der Waals surface area (Å²) in [4.78, 5) is 29.9. The molecule has 142 valence electrons. The smallest absolute Gasteiger partial charge is 0.347 e. The highest BCUT2D eigenvalue weighted by molar-refractivity contribution is 7.14. The second kappa shape index (κ2) is 6.63. The normalized spacial score (nSPS) is 24.3. The summed E-state index contributed by atoms with van der Waals surface area (Å²) >= 11 is 0.462. The fourth-order valence-corrected chi connectivity index (χ4v) is 4.74. The molecule has 1 N–H and O–H groups in total. The van der Waals surface area contributed by atoms with Gasteiger partial charge < -0.3 is 10.2 Å². The molecule has 0 aromatic carbocycles. The predicted molar refractivity (Wildman–Crippen MR) is 92.4 cm³/mol. The van der Waals surface area contributed by atoms with Crippen LogP contribution in [0.25, 0.3) is 0 Å². The van der Waals surface area contributed by atoms with E-state index in [1.54, 1.807) is 23.2 Å². The van der Waals surface area contributed by atoms with Crippen LogP contribution in [0, 0.1) is 5.92 Å². The van der Waals surface area contributed by atoms with Crippen LogP contribution in [0.5, 0.6) is 0 Å². The van der Waals surface area contributed by atoms with Crippen molar-refractivity contribution in [2.24, 2.45) is 5.92 Å². The molecule has 1 saturated carbocycles. The number of nitrogens with one attached hydrogen (secondary N) is 1. The lowest BCUT2D eigenvalue weighted by Crippen LogP contribution is -2.51. The number of carbonyl (C=O) groups is 2. The summed E-state index contributed by atoms with van der Waals surface area (Å²) in [6, 6.07) is 5.09. The number of likely N-dealkylation sites (tertiary alicyclic amines) is 1. The van der Waals surface area contributed by atoms with Crippen LogP contribution in [0.15, 0.2) is 36.7 Å². The van der Waals surface area contributed by atoms with E-state index in [-0.39, 0.29) is 28.8 Å². The fraction of sp³-hybridized carbons (Fsp3) is 0.389. The zero-order valence-corrected chi connectivity index (χ0v) is 14.9. The van der Waals surface area contributed by atoms with E-state index in [4.69, 9.17) is 0 Å². The van der Waals surface area contributed by atoms with Gasteiger partial charge in [-0.05, 0) is 43.0 Å². The molecule has 1 aliphatic carbocycles. The maximum absolute atomic E-state index is 12.8. The minimum atomic E-state index is -4.45. The summed E-state index contributed by atoms with van der Waals surface area (Å²) in [6.07, 6.45) is 0.105. The Kier molecular flexibility index (Phi) is 4.41. The van der Waals surface area contributed by atoms with E-state index in [9.17, 15) is 22.8 Å². The van der Waals surface area contributed by atoms with Gasteiger partial charge in [-0.2, -0.15) is 13.2 Å². The monoisotopic (exact) mass is 395 g/mol. The average Bonchev–Trinajstić information content (AvgIpc) is 3.36. The molecule has 2 aromatic heterocycles. The van der Waals surface area contributed by atoms with Crippen molar-refractivity contribution in [2.45, 2.75) is 31.1 Å². The molecule has 4 rings (SSSR count). The van der Waals surface area contributed by atoms with Gasteiger partial charge in [0.25, 0.3) is 11.8 Å². The van der Waals surface area contributed by atoms with Crippen molar-refractivity contribution in [1.29, 1.82) is 0 Å². The van der Waals surface area contributed by atoms with Gasteiger partial charge >= 0.3 is 6.18 Å². The molecule has 2 bridgehead atoms. The maximum atomic E-state index is 12.8. The van der Waals surface area contributed by atoms with Crippen molar-refractivity contribution < 1.29 is 22.8 Å². The summed E-state index contributed by atoms with van der Waals surface area (Å²) < 4.78 is 38.4. The van der Waals surface area contributed by atoms with Crippen LogP contribution in [0.4, 0.5) is 13.2 Å². The lowest BCUT2D eigenvalue weighted by atomic mass is 10.0. The summed E-state index contributed by atoms with van der Waals surface area (Å²) in [6.45, 7) is 0.516. The highest BCUT2D eigenvalue weighted by atomic mass is 32.1. The van der Waals surface area contributed by atoms with E-state index < -0.39 is 17.0 Å². The number of aromatic nitrogens is 1. The SMILES string of the molecule is O=C(N[C@H]1C[C@@H]2C[C@H]1N(C(=O)c1ccc(C(F)(F)F)s1)C2)c1cccnc1. The van der Waals surface area contributed by atoms with Crippen LogP contribution >= 0.6 is 11.3 Å². The molecule has 1 saturated heterocycles. The molecule has 2 aromatic rings. The average molecular weight is 395 g/mol. The number of rotatable bonds is 3. The lowest BCUT2D eigenvalue weighted by molar-refractivity contribution is -0.134. The second-order valence-corrected chi connectivity index (χ2v) is 7.93. The lowest BCUT2D eigenvalue weighted by Gasteiger charge is -2.33. The Hall–Kier alpha value is -2.42. The summed E-state index contributed by atoms with van der Waals surface area (Å²) in [7, 11) is 0. The van der Waals surface area contributed by atoms with Gasteiger partial charge in [-0.3, -0.25) is 14.6 Å². The van der Waals surface area contributed by atoms with Gasteiger partial charge in [-0.15, -0.1) is 11.3 Å². The highest BCUT2D eigenvalue weighted by Gasteiger charge is 2.48. The first-order chi connectivity index (χ1) is 12.8. The van der Waals surface area contributed by atoms with Crippen molar-refractivity contribution in [2.75, 3.05) is 6.54 Å². The summed E-state index contributed by atoms with van der Waals surface area (Å²) in [5, 5.41) is 2.94. The number of piperidine rings is 1. The van der Waals surface area contributed by atoms with Crippen LogP contribution in [-0.2, 0) is 6.18 Å². The predicted octanol–water partition coefficient (Wildman–Crippen LogP) is 3.19. The molecule has 2 fully saturated rings. The second-order valence-electron chi connectivity index (χ2n) is 6.85. The Bertz CT molecular complexity index is 868. The van der Waals surface area contributed by atoms with Crippen molar-refractivity contribution in [3.05, 3.63) is 52.0 Å². The van der Waals surface area contributed by atoms with Gasteiger partial charge in [0, 0.05) is 25.0 Å². The van der Waals surface area contributed by atoms with Crippen LogP contribution < -0.4 is 5.32 Å². The third kappa shape index (κ3) is 3.43. The molecule has 3 heterocycles. The molecule has 0 spiro atoms. The third-order valence-electron chi connectivity index (χ3n) is 5.08. The number of nitrogens with zero attached hydrogens (tertiary/aromatic N) is 2. The molecule has 5 nitrogen and oxygen atoms in total. The van der Waals surface area contributed by atoms with E-state index in [1.165, 1.54) is 12.3 Å². The minimum Gasteiger partial charge on any atom is -0.347 e. The van der Waals surface area contributed by atoms with Crippen LogP contribution in [0.1, 0.15) is 37.7 Å². The molecule has 3 atom stereocenters. The van der Waals surface area contributed by atoms with E-state index >= 15 is 0 Å². The molecule has 1 aliphatic heterocycles. The van der Waals surface area contributed by atoms with Crippen molar-refractivity contribution in [3.63, 3.8) is 0 Å². The van der Waals surface area contributed by atoms with E-state index in [2.05, 4.69) is 10.3 Å². The third-order valence-corrected chi connectivity index (χ3v) is 6.20. The van der Waals surface area contributed by atoms with Crippen molar-refractivity contribution in [3.8, 4) is 0 Å². The Labute approximate surface area is 157 Å². The number of carbonyl (C=O) groups excluding carboxylic acids is 2. The molecule has 9 heteroatoms. The fourth-order valence-electron chi connectivity index (χ4n) is 3.91. The van der Waals surface area contributed by atoms with Gasteiger partial charge in [-0.25, -0.2) is 0 Å². The summed E-state index contributed by atoms with van der Waals surface area (Å²) in [5.41, 5.74) is 0.436. The molecule has 2 aliphatic rings. The molecule has 27 heavy (non-hydrogen) atoms. The Morgan fingerprint density at radius 1 is 1.22 bits per heavy atom. The van der Waals surface area contributed by atoms with Gasteiger partial charge in [-0.1, -0.05) is 0 Å². The van der Waals surface area contributed by atoms with E-state index in [1.807, 2.05) is 0 Å². The number of hydrogen-bond acceptors (Lipinski definition) is 4. The van der Waals surface area contributed by atoms with Gasteiger partial charge in [0.2, 0.25) is 0 Å². The molecule has 2 amide bonds. The molecule has 0 unspecified atom stereocenters. The zero-order chi connectivity index (χ0) is 19.2. The van der Waals surface area contributed by atoms with Crippen LogP contribution in [0.3, 0.4) is 0 Å². The Morgan fingerprint density at radius 3 is 2.67 bits per heavy atom. The number of fused-ring (bicyclic) bond motifs is 2. The number of amides is 2. The summed E-state index contributed by atoms with van der Waals surface area (Å²) in [5.74, 6) is -0.410. The zero-order valence-electron chi connectivity index (χ0n) is 14.1. The Morgan fingerprint density at radius 2 is 2.04 bits per heavy atom. The molecular formula is C18H16F3N3O2S. The first-order valence-corrected chi connectivity index (χ1v) is 9.33. The number of thiophene rings is 1. The van der Waals surface area contributed by atoms with Gasteiger partial charge in [0.1, 0.15) is 4.88 Å². The van der Waals surface area contributed by atoms with Crippen LogP contribution in [-0.4, -0.2) is 40.3 Å². The molecular weight excluding hydrogens is 379 g/mol. The largest absolute Gasteiger partial charge is 0.425 e. The standard InChI is InChI=1S/C18H16F3N3O2S/c19-18(20,21)15-4-3-14(27-15)17(26)24-9-10-6-12(13(24)7-10)23-16(25)11-2-1-5-22-8-11/h1-5,8,10,12-13H,6-7,9H2,(H,23,25)/t10-,12+,13-/m1/s1. The Balaban J connectivity index is 1.47. The van der Waals surface area contributed by atoms with Crippen LogP contribution in [0.2, 0.25) is 0 Å². The topological polar surface area (TPSA) is 62.3 Å². The minimum absolute atomic E-state index is 0.0761. The number of halogens is 3. The number of hydrogen-bond donors (Lipinski definition) is 1. The quantitative estimate of drug-likeness (QED) is 0.868. The number of alkyl halides is 3. The first kappa shape index (κ1) is 18.0. The van der Waals surface area contributed by atoms with Gasteiger partial charge in [0.15, 0.2) is 0 Å². The van der Waals surface area contributed by atoms with E-state index in [0.29, 0.717) is 23.4 Å².